The molecule has 0 aliphatic carbocycles. The van der Waals surface area contributed by atoms with Crippen LogP contribution in [0.25, 0.3) is 0 Å². The molecule has 0 rings (SSSR count). The molecule has 0 fully saturated rings. The molecule has 0 saturated carbocycles. The zero-order valence-electron chi connectivity index (χ0n) is 24.7. The summed E-state index contributed by atoms with van der Waals surface area (Å²) >= 11 is 0. The van der Waals surface area contributed by atoms with Gasteiger partial charge in [0.05, 0.1) is 0 Å². The van der Waals surface area contributed by atoms with Crippen LogP contribution in [-0.2, 0) is 0 Å². The van der Waals surface area contributed by atoms with E-state index in [0.29, 0.717) is 15.8 Å². The molecule has 0 nitrogen and oxygen atoms in total. The summed E-state index contributed by atoms with van der Waals surface area (Å²) in [6.45, 7) is 9.37. The average Bonchev–Trinajstić information content (AvgIpc) is 2.84. The molecule has 206 valence electrons. The van der Waals surface area contributed by atoms with Gasteiger partial charge in [0.1, 0.15) is 0 Å². The summed E-state index contributed by atoms with van der Waals surface area (Å²) in [5.74, 6) is 0. The lowest BCUT2D eigenvalue weighted by Crippen LogP contribution is -2.00. The molecule has 0 unspecified atom stereocenters. The Kier molecular flexibility index (Phi) is 30.8. The van der Waals surface area contributed by atoms with Gasteiger partial charge in [-0.15, -0.1) is 15.8 Å². The zero-order valence-corrected chi connectivity index (χ0v) is 26.5. The fourth-order valence-electron chi connectivity index (χ4n) is 5.10. The maximum atomic E-state index is 2.34. The fraction of sp³-hybridized carbons (Fsp3) is 1.00. The van der Waals surface area contributed by atoms with Gasteiger partial charge < -0.3 is 0 Å². The van der Waals surface area contributed by atoms with E-state index < -0.39 is 0 Å². The minimum absolute atomic E-state index is 0.338. The Morgan fingerprint density at radius 1 is 0.235 bits per heavy atom. The van der Waals surface area contributed by atoms with Crippen molar-refractivity contribution in [1.82, 2.24) is 0 Å². The smallest absolute Gasteiger partial charge is 0.0326 e. The van der Waals surface area contributed by atoms with Gasteiger partial charge in [0.25, 0.3) is 0 Å². The quantitative estimate of drug-likeness (QED) is 0.0687. The van der Waals surface area contributed by atoms with E-state index in [9.17, 15) is 0 Å². The maximum absolute atomic E-state index is 2.34. The summed E-state index contributed by atoms with van der Waals surface area (Å²) in [6.07, 6.45) is 42.1. The molecule has 0 radical (unpaired) electrons. The van der Waals surface area contributed by atoms with E-state index >= 15 is 0 Å². The van der Waals surface area contributed by atoms with Crippen molar-refractivity contribution >= 4 is 15.8 Å². The van der Waals surface area contributed by atoms with E-state index in [1.807, 2.05) is 0 Å². The van der Waals surface area contributed by atoms with Gasteiger partial charge in [-0.25, -0.2) is 0 Å². The first-order valence-corrected chi connectivity index (χ1v) is 20.0. The molecule has 0 aliphatic rings. The van der Waals surface area contributed by atoms with Crippen LogP contribution in [0.1, 0.15) is 169 Å². The van der Waals surface area contributed by atoms with Gasteiger partial charge in [-0.3, -0.25) is 0 Å². The van der Waals surface area contributed by atoms with Crippen LogP contribution in [0, 0.1) is 0 Å². The highest BCUT2D eigenvalue weighted by atomic mass is 31.1. The first-order chi connectivity index (χ1) is 16.8. The van der Waals surface area contributed by atoms with Crippen LogP contribution in [-0.4, -0.2) is 37.0 Å². The lowest BCUT2D eigenvalue weighted by Gasteiger charge is -2.20. The van der Waals surface area contributed by atoms with Crippen LogP contribution in [0.5, 0.6) is 0 Å². The van der Waals surface area contributed by atoms with Crippen LogP contribution < -0.4 is 0 Å². The van der Waals surface area contributed by atoms with Crippen molar-refractivity contribution in [3.8, 4) is 0 Å². The number of hydrogen-bond acceptors (Lipinski definition) is 0. The van der Waals surface area contributed by atoms with Crippen molar-refractivity contribution in [2.75, 3.05) is 37.0 Å². The first kappa shape index (κ1) is 34.9. The summed E-state index contributed by atoms with van der Waals surface area (Å²) in [5, 5.41) is 0. The third-order valence-electron chi connectivity index (χ3n) is 7.51. The molecule has 0 aromatic rings. The molecule has 0 aliphatic heterocycles. The van der Waals surface area contributed by atoms with Crippen molar-refractivity contribution in [2.45, 2.75) is 169 Å². The van der Waals surface area contributed by atoms with E-state index in [4.69, 9.17) is 0 Å². The van der Waals surface area contributed by atoms with Gasteiger partial charge in [0.15, 0.2) is 0 Å². The van der Waals surface area contributed by atoms with Crippen LogP contribution >= 0.6 is 15.8 Å². The van der Waals surface area contributed by atoms with Crippen molar-refractivity contribution in [2.24, 2.45) is 0 Å². The van der Waals surface area contributed by atoms with Gasteiger partial charge in [-0.1, -0.05) is 130 Å². The molecule has 0 atom stereocenters. The van der Waals surface area contributed by atoms with Crippen molar-refractivity contribution in [3.05, 3.63) is 0 Å². The molecule has 34 heavy (non-hydrogen) atoms. The summed E-state index contributed by atoms with van der Waals surface area (Å²) in [7, 11) is 0.676. The third kappa shape index (κ3) is 25.9. The topological polar surface area (TPSA) is 0 Å². The Morgan fingerprint density at radius 3 is 0.618 bits per heavy atom. The standard InChI is InChI=1S/C32H68P2/c1-5-9-13-17-21-27-33(28-22-18-14-10-6-2)31-25-26-32-34(29-23-19-15-11-7-3)30-24-20-16-12-8-4/h5-32H2,1-4H3. The largest absolute Gasteiger partial charge is 0.107 e. The number of hydrogen-bond donors (Lipinski definition) is 0. The van der Waals surface area contributed by atoms with E-state index in [0.717, 1.165) is 0 Å². The monoisotopic (exact) mass is 514 g/mol. The minimum atomic E-state index is 0.338. The molecule has 0 aromatic carbocycles. The lowest BCUT2D eigenvalue weighted by atomic mass is 10.2. The van der Waals surface area contributed by atoms with Crippen LogP contribution in [0.2, 0.25) is 0 Å². The second-order valence-electron chi connectivity index (χ2n) is 11.0. The fourth-order valence-corrected chi connectivity index (χ4v) is 10.5. The molecule has 0 heterocycles. The predicted octanol–water partition coefficient (Wildman–Crippen LogP) is 12.6. The van der Waals surface area contributed by atoms with Gasteiger partial charge in [-0.05, 0) is 75.5 Å². The molecule has 0 amide bonds. The molecular formula is C32H68P2. The van der Waals surface area contributed by atoms with E-state index in [1.54, 1.807) is 49.8 Å². The predicted molar refractivity (Wildman–Crippen MR) is 167 cm³/mol. The maximum Gasteiger partial charge on any atom is -0.0326 e. The van der Waals surface area contributed by atoms with Gasteiger partial charge in [0, 0.05) is 0 Å². The summed E-state index contributed by atoms with van der Waals surface area (Å²) in [4.78, 5) is 0. The van der Waals surface area contributed by atoms with Gasteiger partial charge in [-0.2, -0.15) is 0 Å². The van der Waals surface area contributed by atoms with Crippen LogP contribution in [0.15, 0.2) is 0 Å². The van der Waals surface area contributed by atoms with E-state index in [-0.39, 0.29) is 0 Å². The summed E-state index contributed by atoms with van der Waals surface area (Å²) in [5.41, 5.74) is 0. The first-order valence-electron chi connectivity index (χ1n) is 16.2. The Hall–Kier alpha value is 0.860. The SMILES string of the molecule is CCCCCCCP(CCCCCCC)CCCCP(CCCCCCC)CCCCCCC. The molecule has 0 aromatic heterocycles. The number of rotatable bonds is 29. The van der Waals surface area contributed by atoms with Crippen LogP contribution in [0.3, 0.4) is 0 Å². The molecule has 0 spiro atoms. The second kappa shape index (κ2) is 30.1. The minimum Gasteiger partial charge on any atom is -0.107 e. The van der Waals surface area contributed by atoms with Gasteiger partial charge in [0.2, 0.25) is 0 Å². The highest BCUT2D eigenvalue weighted by molar-refractivity contribution is 7.58. The molecular weight excluding hydrogens is 446 g/mol. The summed E-state index contributed by atoms with van der Waals surface area (Å²) < 4.78 is 0. The highest BCUT2D eigenvalue weighted by Gasteiger charge is 2.11. The molecule has 2 heteroatoms. The number of unbranched alkanes of at least 4 members (excludes halogenated alkanes) is 17. The summed E-state index contributed by atoms with van der Waals surface area (Å²) in [6, 6.07) is 0. The average molecular weight is 515 g/mol. The van der Waals surface area contributed by atoms with E-state index in [2.05, 4.69) is 27.7 Å². The molecule has 0 bridgehead atoms. The highest BCUT2D eigenvalue weighted by Crippen LogP contribution is 2.42. The third-order valence-corrected chi connectivity index (χ3v) is 13.2. The second-order valence-corrected chi connectivity index (χ2v) is 16.4. The normalized spacial score (nSPS) is 11.8. The van der Waals surface area contributed by atoms with Crippen molar-refractivity contribution < 1.29 is 0 Å². The lowest BCUT2D eigenvalue weighted by molar-refractivity contribution is 0.651. The van der Waals surface area contributed by atoms with Gasteiger partial charge >= 0.3 is 0 Å². The Morgan fingerprint density at radius 2 is 0.412 bits per heavy atom. The van der Waals surface area contributed by atoms with E-state index in [1.165, 1.54) is 128 Å². The Labute approximate surface area is 221 Å². The van der Waals surface area contributed by atoms with Crippen molar-refractivity contribution in [1.29, 1.82) is 0 Å². The zero-order chi connectivity index (χ0) is 25.0. The molecule has 0 saturated heterocycles. The van der Waals surface area contributed by atoms with Crippen molar-refractivity contribution in [3.63, 3.8) is 0 Å². The Balaban J connectivity index is 4.28. The molecule has 0 N–H and O–H groups in total. The Bertz CT molecular complexity index is 295. The van der Waals surface area contributed by atoms with Crippen LogP contribution in [0.4, 0.5) is 0 Å².